The maximum atomic E-state index is 12.2. The van der Waals surface area contributed by atoms with Crippen molar-refractivity contribution in [2.24, 2.45) is 5.73 Å². The number of piperidine rings is 1. The molecule has 1 aromatic carbocycles. The van der Waals surface area contributed by atoms with Crippen molar-refractivity contribution in [1.29, 1.82) is 0 Å². The van der Waals surface area contributed by atoms with Crippen LogP contribution in [0.5, 0.6) is 0 Å². The first kappa shape index (κ1) is 17.4. The molecular weight excluding hydrogens is 326 g/mol. The zero-order valence-corrected chi connectivity index (χ0v) is 14.8. The van der Waals surface area contributed by atoms with E-state index < -0.39 is 16.1 Å². The van der Waals surface area contributed by atoms with E-state index in [0.717, 1.165) is 43.4 Å². The van der Waals surface area contributed by atoms with Crippen LogP contribution in [0.25, 0.3) is 0 Å². The smallest absolute Gasteiger partial charge is 0.243 e. The van der Waals surface area contributed by atoms with Crippen LogP contribution in [0, 0.1) is 0 Å². The largest absolute Gasteiger partial charge is 0.320 e. The number of nitrogens with two attached hydrogens (primary N) is 1. The van der Waals surface area contributed by atoms with E-state index in [1.54, 1.807) is 4.90 Å². The summed E-state index contributed by atoms with van der Waals surface area (Å²) in [4.78, 5) is 14.0. The molecule has 0 spiro atoms. The van der Waals surface area contributed by atoms with E-state index in [2.05, 4.69) is 4.72 Å². The summed E-state index contributed by atoms with van der Waals surface area (Å²) >= 11 is 0. The summed E-state index contributed by atoms with van der Waals surface area (Å²) in [5, 5.41) is 0. The average molecular weight is 351 g/mol. The number of amides is 1. The Hall–Kier alpha value is -1.44. The van der Waals surface area contributed by atoms with Crippen LogP contribution in [0.15, 0.2) is 24.3 Å². The monoisotopic (exact) mass is 351 g/mol. The van der Waals surface area contributed by atoms with Gasteiger partial charge in [-0.3, -0.25) is 4.79 Å². The van der Waals surface area contributed by atoms with E-state index in [1.165, 1.54) is 6.26 Å². The molecule has 1 amide bonds. The minimum Gasteiger partial charge on any atom is -0.320 e. The zero-order valence-electron chi connectivity index (χ0n) is 14.0. The highest BCUT2D eigenvalue weighted by molar-refractivity contribution is 7.88. The fourth-order valence-electron chi connectivity index (χ4n) is 3.59. The highest BCUT2D eigenvalue weighted by Gasteiger charge is 2.39. The van der Waals surface area contributed by atoms with Gasteiger partial charge in [0.15, 0.2) is 0 Å². The summed E-state index contributed by atoms with van der Waals surface area (Å²) in [6, 6.07) is 7.53. The Morgan fingerprint density at radius 1 is 1.25 bits per heavy atom. The van der Waals surface area contributed by atoms with Crippen molar-refractivity contribution in [1.82, 2.24) is 4.72 Å². The molecule has 2 fully saturated rings. The molecule has 0 aromatic heterocycles. The fourth-order valence-corrected chi connectivity index (χ4v) is 4.13. The SMILES string of the molecule is CS(=O)(=O)NCC1(c2ccc(N3CCCC(N)C3=O)cc2)CCC1. The molecule has 1 saturated heterocycles. The van der Waals surface area contributed by atoms with Crippen molar-refractivity contribution in [3.05, 3.63) is 29.8 Å². The maximum Gasteiger partial charge on any atom is 0.243 e. The van der Waals surface area contributed by atoms with Crippen molar-refractivity contribution in [2.75, 3.05) is 24.2 Å². The molecular formula is C17H25N3O3S. The number of anilines is 1. The number of carbonyl (C=O) groups excluding carboxylic acids is 1. The lowest BCUT2D eigenvalue weighted by molar-refractivity contribution is -0.120. The van der Waals surface area contributed by atoms with Crippen LogP contribution in [0.4, 0.5) is 5.69 Å². The number of rotatable bonds is 5. The van der Waals surface area contributed by atoms with Crippen LogP contribution < -0.4 is 15.4 Å². The van der Waals surface area contributed by atoms with E-state index in [0.29, 0.717) is 13.1 Å². The van der Waals surface area contributed by atoms with Gasteiger partial charge in [-0.15, -0.1) is 0 Å². The molecule has 6 nitrogen and oxygen atoms in total. The van der Waals surface area contributed by atoms with Crippen LogP contribution in [0.2, 0.25) is 0 Å². The lowest BCUT2D eigenvalue weighted by atomic mass is 9.64. The van der Waals surface area contributed by atoms with E-state index in [-0.39, 0.29) is 11.3 Å². The topological polar surface area (TPSA) is 92.5 Å². The summed E-state index contributed by atoms with van der Waals surface area (Å²) in [6.07, 6.45) is 5.90. The number of sulfonamides is 1. The van der Waals surface area contributed by atoms with Crippen LogP contribution in [0.1, 0.15) is 37.7 Å². The van der Waals surface area contributed by atoms with Gasteiger partial charge in [-0.1, -0.05) is 18.6 Å². The van der Waals surface area contributed by atoms with Gasteiger partial charge in [-0.2, -0.15) is 0 Å². The highest BCUT2D eigenvalue weighted by Crippen LogP contribution is 2.43. The molecule has 3 rings (SSSR count). The first-order valence-corrected chi connectivity index (χ1v) is 10.3. The lowest BCUT2D eigenvalue weighted by Crippen LogP contribution is -2.48. The molecule has 7 heteroatoms. The van der Waals surface area contributed by atoms with Gasteiger partial charge in [0.05, 0.1) is 12.3 Å². The van der Waals surface area contributed by atoms with Crippen molar-refractivity contribution in [2.45, 2.75) is 43.6 Å². The highest BCUT2D eigenvalue weighted by atomic mass is 32.2. The van der Waals surface area contributed by atoms with Gasteiger partial charge >= 0.3 is 0 Å². The molecule has 3 N–H and O–H groups in total. The summed E-state index contributed by atoms with van der Waals surface area (Å²) in [5.74, 6) is -0.0221. The van der Waals surface area contributed by atoms with Gasteiger partial charge in [-0.25, -0.2) is 13.1 Å². The molecule has 0 bridgehead atoms. The van der Waals surface area contributed by atoms with Gasteiger partial charge in [-0.05, 0) is 43.4 Å². The van der Waals surface area contributed by atoms with Crippen molar-refractivity contribution in [3.63, 3.8) is 0 Å². The molecule has 1 aliphatic carbocycles. The van der Waals surface area contributed by atoms with E-state index in [9.17, 15) is 13.2 Å². The number of carbonyl (C=O) groups is 1. The van der Waals surface area contributed by atoms with Gasteiger partial charge < -0.3 is 10.6 Å². The molecule has 1 saturated carbocycles. The summed E-state index contributed by atoms with van der Waals surface area (Å²) in [7, 11) is -3.20. The minimum atomic E-state index is -3.20. The molecule has 132 valence electrons. The molecule has 1 atom stereocenters. The standard InChI is InChI=1S/C17H25N3O3S/c1-24(22,23)19-12-17(9-3-10-17)13-5-7-14(8-6-13)20-11-2-4-15(18)16(20)21/h5-8,15,19H,2-4,9-12,18H2,1H3. The predicted octanol–water partition coefficient (Wildman–Crippen LogP) is 1.11. The molecule has 1 aromatic rings. The van der Waals surface area contributed by atoms with Crippen molar-refractivity contribution >= 4 is 21.6 Å². The third kappa shape index (κ3) is 3.48. The van der Waals surface area contributed by atoms with E-state index in [4.69, 9.17) is 5.73 Å². The minimum absolute atomic E-state index is 0.0221. The zero-order chi connectivity index (χ0) is 17.4. The van der Waals surface area contributed by atoms with Crippen LogP contribution in [-0.2, 0) is 20.2 Å². The first-order chi connectivity index (χ1) is 11.3. The Labute approximate surface area is 143 Å². The Morgan fingerprint density at radius 2 is 1.92 bits per heavy atom. The molecule has 24 heavy (non-hydrogen) atoms. The Kier molecular flexibility index (Phi) is 4.68. The van der Waals surface area contributed by atoms with Gasteiger partial charge in [0, 0.05) is 24.2 Å². The van der Waals surface area contributed by atoms with Gasteiger partial charge in [0.25, 0.3) is 0 Å². The number of nitrogens with one attached hydrogen (secondary N) is 1. The number of nitrogens with zero attached hydrogens (tertiary/aromatic N) is 1. The molecule has 1 heterocycles. The lowest BCUT2D eigenvalue weighted by Gasteiger charge is -2.42. The van der Waals surface area contributed by atoms with Crippen LogP contribution in [-0.4, -0.2) is 39.7 Å². The Morgan fingerprint density at radius 3 is 2.46 bits per heavy atom. The second-order valence-electron chi connectivity index (χ2n) is 7.01. The third-order valence-electron chi connectivity index (χ3n) is 5.25. The molecule has 1 unspecified atom stereocenters. The second kappa shape index (κ2) is 6.46. The first-order valence-electron chi connectivity index (χ1n) is 8.43. The Bertz CT molecular complexity index is 711. The van der Waals surface area contributed by atoms with Gasteiger partial charge in [0.1, 0.15) is 0 Å². The number of hydrogen-bond donors (Lipinski definition) is 2. The summed E-state index contributed by atoms with van der Waals surface area (Å²) in [6.45, 7) is 1.13. The Balaban J connectivity index is 1.77. The average Bonchev–Trinajstić information content (AvgIpc) is 2.49. The normalized spacial score (nSPS) is 23.8. The molecule has 2 aliphatic rings. The van der Waals surface area contributed by atoms with Crippen molar-refractivity contribution < 1.29 is 13.2 Å². The fraction of sp³-hybridized carbons (Fsp3) is 0.588. The maximum absolute atomic E-state index is 12.2. The quantitative estimate of drug-likeness (QED) is 0.831. The third-order valence-corrected chi connectivity index (χ3v) is 5.92. The number of benzene rings is 1. The van der Waals surface area contributed by atoms with Crippen LogP contribution >= 0.6 is 0 Å². The molecule has 1 aliphatic heterocycles. The summed E-state index contributed by atoms with van der Waals surface area (Å²) < 4.78 is 25.5. The van der Waals surface area contributed by atoms with Crippen LogP contribution in [0.3, 0.4) is 0 Å². The predicted molar refractivity (Wildman–Crippen MR) is 94.4 cm³/mol. The number of hydrogen-bond acceptors (Lipinski definition) is 4. The van der Waals surface area contributed by atoms with E-state index in [1.807, 2.05) is 24.3 Å². The second-order valence-corrected chi connectivity index (χ2v) is 8.85. The van der Waals surface area contributed by atoms with Crippen molar-refractivity contribution in [3.8, 4) is 0 Å². The summed E-state index contributed by atoms with van der Waals surface area (Å²) in [5.41, 5.74) is 7.73. The molecule has 0 radical (unpaired) electrons. The van der Waals surface area contributed by atoms with E-state index >= 15 is 0 Å². The van der Waals surface area contributed by atoms with Gasteiger partial charge in [0.2, 0.25) is 15.9 Å².